The summed E-state index contributed by atoms with van der Waals surface area (Å²) >= 11 is 0. The molecule has 0 saturated carbocycles. The highest BCUT2D eigenvalue weighted by Gasteiger charge is 2.20. The fourth-order valence-electron chi connectivity index (χ4n) is 3.45. The zero-order valence-corrected chi connectivity index (χ0v) is 21.0. The van der Waals surface area contributed by atoms with Crippen LogP contribution in [0, 0.1) is 0 Å². The van der Waals surface area contributed by atoms with E-state index in [9.17, 15) is 0 Å². The molecule has 0 aliphatic carbocycles. The predicted molar refractivity (Wildman–Crippen MR) is 132 cm³/mol. The Morgan fingerprint density at radius 3 is 2.48 bits per heavy atom. The van der Waals surface area contributed by atoms with Crippen LogP contribution in [0.1, 0.15) is 39.2 Å². The van der Waals surface area contributed by atoms with Crippen LogP contribution in [0.15, 0.2) is 29.3 Å². The summed E-state index contributed by atoms with van der Waals surface area (Å²) in [4.78, 5) is 6.81. The summed E-state index contributed by atoms with van der Waals surface area (Å²) in [6.07, 6.45) is 2.25. The molecule has 1 aliphatic heterocycles. The molecule has 1 heterocycles. The van der Waals surface area contributed by atoms with Crippen LogP contribution in [0.25, 0.3) is 0 Å². The van der Waals surface area contributed by atoms with Crippen molar-refractivity contribution in [3.05, 3.63) is 29.8 Å². The number of para-hydroxylation sites is 1. The molecule has 7 heteroatoms. The Hall–Kier alpha value is -1.06. The van der Waals surface area contributed by atoms with Crippen LogP contribution >= 0.6 is 24.0 Å². The summed E-state index contributed by atoms with van der Waals surface area (Å²) in [5.41, 5.74) is 1.30. The van der Waals surface area contributed by atoms with Gasteiger partial charge in [0.25, 0.3) is 0 Å². The number of methoxy groups -OCH3 is 1. The first-order valence-electron chi connectivity index (χ1n) is 10.3. The monoisotopic (exact) mass is 518 g/mol. The second-order valence-corrected chi connectivity index (χ2v) is 8.35. The molecule has 1 saturated heterocycles. The summed E-state index contributed by atoms with van der Waals surface area (Å²) in [7, 11) is 3.58. The smallest absolute Gasteiger partial charge is 0.191 e. The maximum Gasteiger partial charge on any atom is 0.191 e. The first-order valence-corrected chi connectivity index (χ1v) is 10.3. The molecular weight excluding hydrogens is 479 g/mol. The molecule has 29 heavy (non-hydrogen) atoms. The standard InChI is InChI=1S/C22H38N4O2.HI/c1-22(2,3)19-8-6-7-9-20(19)28-16-12-24-21(23-4)25-18-10-13-26(14-11-18)15-17-27-5;/h6-9,18H,10-17H2,1-5H3,(H2,23,24,25);1H. The Morgan fingerprint density at radius 1 is 1.17 bits per heavy atom. The van der Waals surface area contributed by atoms with E-state index < -0.39 is 0 Å². The molecule has 1 aromatic carbocycles. The number of rotatable bonds is 8. The Kier molecular flexibility index (Phi) is 11.9. The van der Waals surface area contributed by atoms with Crippen molar-refractivity contribution in [2.75, 3.05) is 53.6 Å². The van der Waals surface area contributed by atoms with Gasteiger partial charge >= 0.3 is 0 Å². The van der Waals surface area contributed by atoms with Crippen molar-refractivity contribution in [3.8, 4) is 5.75 Å². The fourth-order valence-corrected chi connectivity index (χ4v) is 3.45. The van der Waals surface area contributed by atoms with E-state index in [1.54, 1.807) is 7.11 Å². The lowest BCUT2D eigenvalue weighted by Gasteiger charge is -2.32. The molecule has 1 aliphatic rings. The topological polar surface area (TPSA) is 58.1 Å². The zero-order chi connectivity index (χ0) is 20.4. The Balaban J connectivity index is 0.00000420. The highest BCUT2D eigenvalue weighted by molar-refractivity contribution is 14.0. The number of likely N-dealkylation sites (tertiary alicyclic amines) is 1. The molecule has 2 rings (SSSR count). The molecular formula is C22H39IN4O2. The van der Waals surface area contributed by atoms with E-state index in [1.807, 2.05) is 19.2 Å². The number of ether oxygens (including phenoxy) is 2. The van der Waals surface area contributed by atoms with Gasteiger partial charge in [0, 0.05) is 39.8 Å². The van der Waals surface area contributed by atoms with Gasteiger partial charge in [0.05, 0.1) is 13.2 Å². The lowest BCUT2D eigenvalue weighted by atomic mass is 9.86. The predicted octanol–water partition coefficient (Wildman–Crippen LogP) is 3.26. The number of piperidine rings is 1. The average Bonchev–Trinajstić information content (AvgIpc) is 2.69. The van der Waals surface area contributed by atoms with Gasteiger partial charge < -0.3 is 25.0 Å². The quantitative estimate of drug-likeness (QED) is 0.240. The first-order chi connectivity index (χ1) is 13.4. The molecule has 1 aromatic rings. The molecule has 0 spiro atoms. The lowest BCUT2D eigenvalue weighted by Crippen LogP contribution is -2.49. The molecule has 2 N–H and O–H groups in total. The van der Waals surface area contributed by atoms with Gasteiger partial charge in [-0.15, -0.1) is 24.0 Å². The maximum atomic E-state index is 6.04. The minimum absolute atomic E-state index is 0. The number of benzene rings is 1. The minimum Gasteiger partial charge on any atom is -0.491 e. The van der Waals surface area contributed by atoms with Gasteiger partial charge in [0.15, 0.2) is 5.96 Å². The SMILES string of the molecule is CN=C(NCCOc1ccccc1C(C)(C)C)NC1CCN(CCOC)CC1.I. The van der Waals surface area contributed by atoms with Crippen LogP contribution in [0.2, 0.25) is 0 Å². The summed E-state index contributed by atoms with van der Waals surface area (Å²) < 4.78 is 11.2. The molecule has 0 amide bonds. The van der Waals surface area contributed by atoms with E-state index in [1.165, 1.54) is 5.56 Å². The zero-order valence-electron chi connectivity index (χ0n) is 18.7. The van der Waals surface area contributed by atoms with Crippen molar-refractivity contribution in [3.63, 3.8) is 0 Å². The van der Waals surface area contributed by atoms with Gasteiger partial charge in [0.1, 0.15) is 12.4 Å². The highest BCUT2D eigenvalue weighted by atomic mass is 127. The molecule has 0 radical (unpaired) electrons. The van der Waals surface area contributed by atoms with E-state index in [0.717, 1.165) is 50.8 Å². The third-order valence-corrected chi connectivity index (χ3v) is 5.11. The molecule has 6 nitrogen and oxygen atoms in total. The van der Waals surface area contributed by atoms with Crippen molar-refractivity contribution < 1.29 is 9.47 Å². The summed E-state index contributed by atoms with van der Waals surface area (Å²) in [5.74, 6) is 1.81. The largest absolute Gasteiger partial charge is 0.491 e. The van der Waals surface area contributed by atoms with Gasteiger partial charge in [0.2, 0.25) is 0 Å². The van der Waals surface area contributed by atoms with E-state index in [2.05, 4.69) is 53.4 Å². The van der Waals surface area contributed by atoms with Crippen molar-refractivity contribution in [2.24, 2.45) is 4.99 Å². The Bertz CT molecular complexity index is 611. The third-order valence-electron chi connectivity index (χ3n) is 5.11. The second-order valence-electron chi connectivity index (χ2n) is 8.35. The molecule has 0 aromatic heterocycles. The van der Waals surface area contributed by atoms with Crippen LogP contribution in [-0.4, -0.2) is 70.5 Å². The number of nitrogens with one attached hydrogen (secondary N) is 2. The summed E-state index contributed by atoms with van der Waals surface area (Å²) in [6.45, 7) is 12.0. The maximum absolute atomic E-state index is 6.04. The number of nitrogens with zero attached hydrogens (tertiary/aromatic N) is 2. The molecule has 0 unspecified atom stereocenters. The fraction of sp³-hybridized carbons (Fsp3) is 0.682. The van der Waals surface area contributed by atoms with Crippen LogP contribution in [0.4, 0.5) is 0 Å². The number of hydrogen-bond donors (Lipinski definition) is 2. The average molecular weight is 518 g/mol. The van der Waals surface area contributed by atoms with Crippen molar-refractivity contribution in [1.82, 2.24) is 15.5 Å². The normalized spacial score (nSPS) is 16.2. The van der Waals surface area contributed by atoms with Gasteiger partial charge in [-0.05, 0) is 29.9 Å². The third kappa shape index (κ3) is 9.09. The number of guanidine groups is 1. The van der Waals surface area contributed by atoms with E-state index >= 15 is 0 Å². The van der Waals surface area contributed by atoms with Gasteiger partial charge in [-0.1, -0.05) is 39.0 Å². The lowest BCUT2D eigenvalue weighted by molar-refractivity contribution is 0.128. The van der Waals surface area contributed by atoms with Gasteiger partial charge in [-0.3, -0.25) is 4.99 Å². The van der Waals surface area contributed by atoms with Crippen LogP contribution < -0.4 is 15.4 Å². The van der Waals surface area contributed by atoms with E-state index in [0.29, 0.717) is 19.2 Å². The molecule has 1 fully saturated rings. The molecule has 0 atom stereocenters. The van der Waals surface area contributed by atoms with Crippen LogP contribution in [0.5, 0.6) is 5.75 Å². The Labute approximate surface area is 193 Å². The number of halogens is 1. The van der Waals surface area contributed by atoms with Crippen molar-refractivity contribution in [1.29, 1.82) is 0 Å². The molecule has 0 bridgehead atoms. The summed E-state index contributed by atoms with van der Waals surface area (Å²) in [6, 6.07) is 8.75. The second kappa shape index (κ2) is 13.3. The van der Waals surface area contributed by atoms with Crippen LogP contribution in [-0.2, 0) is 10.2 Å². The van der Waals surface area contributed by atoms with Crippen molar-refractivity contribution >= 4 is 29.9 Å². The number of hydrogen-bond acceptors (Lipinski definition) is 4. The van der Waals surface area contributed by atoms with E-state index in [-0.39, 0.29) is 29.4 Å². The molecule has 166 valence electrons. The number of aliphatic imine (C=N–C) groups is 1. The minimum atomic E-state index is 0. The van der Waals surface area contributed by atoms with E-state index in [4.69, 9.17) is 9.47 Å². The highest BCUT2D eigenvalue weighted by Crippen LogP contribution is 2.30. The summed E-state index contributed by atoms with van der Waals surface area (Å²) in [5, 5.41) is 6.91. The van der Waals surface area contributed by atoms with Gasteiger partial charge in [-0.25, -0.2) is 0 Å². The Morgan fingerprint density at radius 2 is 1.86 bits per heavy atom. The van der Waals surface area contributed by atoms with Crippen LogP contribution in [0.3, 0.4) is 0 Å². The first kappa shape index (κ1) is 26.0. The van der Waals surface area contributed by atoms with Gasteiger partial charge in [-0.2, -0.15) is 0 Å². The van der Waals surface area contributed by atoms with Crippen molar-refractivity contribution in [2.45, 2.75) is 45.1 Å².